The molecule has 0 spiro atoms. The number of amides is 1. The Morgan fingerprint density at radius 2 is 2.16 bits per heavy atom. The number of benzene rings is 1. The van der Waals surface area contributed by atoms with Gasteiger partial charge in [-0.05, 0) is 29.0 Å². The average molecular weight is 348 g/mol. The lowest BCUT2D eigenvalue weighted by Gasteiger charge is -2.36. The predicted octanol–water partition coefficient (Wildman–Crippen LogP) is 2.99. The van der Waals surface area contributed by atoms with Crippen LogP contribution in [0.3, 0.4) is 0 Å². The molecule has 0 bridgehead atoms. The number of nitriles is 1. The van der Waals surface area contributed by atoms with Crippen molar-refractivity contribution in [1.82, 2.24) is 14.5 Å². The van der Waals surface area contributed by atoms with Gasteiger partial charge in [-0.2, -0.15) is 5.26 Å². The number of hydrogen-bond donors (Lipinski definition) is 0. The van der Waals surface area contributed by atoms with E-state index in [0.29, 0.717) is 6.54 Å². The number of rotatable bonds is 3. The Morgan fingerprint density at radius 3 is 2.96 bits per heavy atom. The smallest absolute Gasteiger partial charge is 0.243 e. The second-order valence-electron chi connectivity index (χ2n) is 5.94. The number of aromatic nitrogens is 2. The first-order valence-corrected chi connectivity index (χ1v) is 8.98. The van der Waals surface area contributed by atoms with Crippen LogP contribution in [0.15, 0.2) is 54.2 Å². The van der Waals surface area contributed by atoms with Gasteiger partial charge in [-0.1, -0.05) is 30.3 Å². The van der Waals surface area contributed by atoms with Gasteiger partial charge in [-0.3, -0.25) is 4.79 Å². The Labute approximate surface area is 149 Å². The molecule has 1 atom stereocenters. The molecule has 1 aromatic carbocycles. The molecule has 1 aliphatic rings. The lowest BCUT2D eigenvalue weighted by atomic mass is 9.93. The number of imidazole rings is 1. The monoisotopic (exact) mass is 348 g/mol. The van der Waals surface area contributed by atoms with Crippen molar-refractivity contribution in [2.24, 2.45) is 0 Å². The maximum atomic E-state index is 13.0. The molecule has 124 valence electrons. The van der Waals surface area contributed by atoms with Crippen LogP contribution in [0.1, 0.15) is 27.9 Å². The summed E-state index contributed by atoms with van der Waals surface area (Å²) in [6, 6.07) is 14.2. The summed E-state index contributed by atoms with van der Waals surface area (Å²) < 4.78 is 1.60. The zero-order valence-corrected chi connectivity index (χ0v) is 14.3. The van der Waals surface area contributed by atoms with E-state index >= 15 is 0 Å². The highest BCUT2D eigenvalue weighted by Crippen LogP contribution is 2.37. The van der Waals surface area contributed by atoms with E-state index in [4.69, 9.17) is 5.26 Å². The van der Waals surface area contributed by atoms with Crippen LogP contribution in [-0.4, -0.2) is 26.9 Å². The molecule has 2 aromatic heterocycles. The van der Waals surface area contributed by atoms with Gasteiger partial charge in [0.05, 0.1) is 6.04 Å². The first kappa shape index (κ1) is 15.6. The van der Waals surface area contributed by atoms with E-state index in [1.807, 2.05) is 29.2 Å². The van der Waals surface area contributed by atoms with Crippen molar-refractivity contribution in [3.63, 3.8) is 0 Å². The number of carbonyl (C=O) groups excluding carboxylic acids is 1. The van der Waals surface area contributed by atoms with Crippen molar-refractivity contribution in [1.29, 1.82) is 5.26 Å². The zero-order chi connectivity index (χ0) is 17.2. The van der Waals surface area contributed by atoms with Crippen molar-refractivity contribution < 1.29 is 4.79 Å². The number of fused-ring (bicyclic) bond motifs is 1. The highest BCUT2D eigenvalue weighted by Gasteiger charge is 2.32. The zero-order valence-electron chi connectivity index (χ0n) is 13.5. The van der Waals surface area contributed by atoms with Crippen LogP contribution in [-0.2, 0) is 17.8 Å². The van der Waals surface area contributed by atoms with Gasteiger partial charge in [0, 0.05) is 23.8 Å². The normalized spacial score (nSPS) is 16.3. The van der Waals surface area contributed by atoms with Crippen LogP contribution >= 0.6 is 11.3 Å². The molecule has 1 aliphatic heterocycles. The van der Waals surface area contributed by atoms with Crippen LogP contribution in [0.2, 0.25) is 0 Å². The number of thiophene rings is 1. The van der Waals surface area contributed by atoms with Crippen LogP contribution in [0.5, 0.6) is 0 Å². The fourth-order valence-electron chi connectivity index (χ4n) is 3.37. The Balaban J connectivity index is 1.68. The molecule has 0 saturated carbocycles. The SMILES string of the molecule is N#Cc1nccn1CC(=O)N1CCc2sccc2[C@H]1c1ccccc1. The summed E-state index contributed by atoms with van der Waals surface area (Å²) in [6.45, 7) is 0.814. The number of carbonyl (C=O) groups is 1. The minimum atomic E-state index is -0.0715. The van der Waals surface area contributed by atoms with Gasteiger partial charge in [-0.25, -0.2) is 4.98 Å². The van der Waals surface area contributed by atoms with Crippen molar-refractivity contribution in [2.45, 2.75) is 19.0 Å². The molecule has 3 heterocycles. The van der Waals surface area contributed by atoms with Crippen LogP contribution in [0, 0.1) is 11.3 Å². The first-order chi connectivity index (χ1) is 12.3. The molecule has 0 radical (unpaired) electrons. The predicted molar refractivity (Wildman–Crippen MR) is 95.0 cm³/mol. The molecule has 0 fully saturated rings. The van der Waals surface area contributed by atoms with E-state index in [2.05, 4.69) is 28.6 Å². The summed E-state index contributed by atoms with van der Waals surface area (Å²) in [4.78, 5) is 20.3. The summed E-state index contributed by atoms with van der Waals surface area (Å²) in [6.07, 6.45) is 4.10. The Bertz CT molecular complexity index is 938. The summed E-state index contributed by atoms with van der Waals surface area (Å²) in [7, 11) is 0. The van der Waals surface area contributed by atoms with Gasteiger partial charge in [0.1, 0.15) is 12.6 Å². The van der Waals surface area contributed by atoms with E-state index in [1.54, 1.807) is 28.3 Å². The van der Waals surface area contributed by atoms with E-state index in [9.17, 15) is 4.79 Å². The van der Waals surface area contributed by atoms with E-state index < -0.39 is 0 Å². The Kier molecular flexibility index (Phi) is 4.08. The van der Waals surface area contributed by atoms with Crippen molar-refractivity contribution in [2.75, 3.05) is 6.54 Å². The van der Waals surface area contributed by atoms with Crippen LogP contribution in [0.4, 0.5) is 0 Å². The largest absolute Gasteiger partial charge is 0.330 e. The van der Waals surface area contributed by atoms with Gasteiger partial charge < -0.3 is 9.47 Å². The average Bonchev–Trinajstić information content (AvgIpc) is 3.30. The van der Waals surface area contributed by atoms with E-state index in [1.165, 1.54) is 10.4 Å². The first-order valence-electron chi connectivity index (χ1n) is 8.10. The maximum absolute atomic E-state index is 13.0. The third-order valence-corrected chi connectivity index (χ3v) is 5.52. The fourth-order valence-corrected chi connectivity index (χ4v) is 4.27. The Hall–Kier alpha value is -2.91. The molecule has 1 amide bonds. The van der Waals surface area contributed by atoms with Gasteiger partial charge >= 0.3 is 0 Å². The second-order valence-corrected chi connectivity index (χ2v) is 6.94. The Morgan fingerprint density at radius 1 is 1.32 bits per heavy atom. The van der Waals surface area contributed by atoms with Crippen LogP contribution < -0.4 is 0 Å². The minimum absolute atomic E-state index is 0.000188. The molecule has 3 aromatic rings. The fraction of sp³-hybridized carbons (Fsp3) is 0.211. The van der Waals surface area contributed by atoms with E-state index in [-0.39, 0.29) is 24.3 Å². The topological polar surface area (TPSA) is 61.9 Å². The molecule has 4 rings (SSSR count). The summed E-state index contributed by atoms with van der Waals surface area (Å²) in [5.41, 5.74) is 2.32. The molecule has 0 N–H and O–H groups in total. The molecule has 0 saturated heterocycles. The summed E-state index contributed by atoms with van der Waals surface area (Å²) in [5.74, 6) is 0.262. The molecule has 0 aliphatic carbocycles. The number of nitrogens with zero attached hydrogens (tertiary/aromatic N) is 4. The standard InChI is InChI=1S/C19H16N4OS/c20-12-17-21-8-10-22(17)13-18(24)23-9-6-16-15(7-11-25-16)19(23)14-4-2-1-3-5-14/h1-5,7-8,10-11,19H,6,9,13H2/t19-/m1/s1. The van der Waals surface area contributed by atoms with Crippen LogP contribution in [0.25, 0.3) is 0 Å². The quantitative estimate of drug-likeness (QED) is 0.731. The molecule has 5 nitrogen and oxygen atoms in total. The lowest BCUT2D eigenvalue weighted by Crippen LogP contribution is -2.41. The minimum Gasteiger partial charge on any atom is -0.330 e. The molecule has 25 heavy (non-hydrogen) atoms. The third kappa shape index (κ3) is 2.83. The highest BCUT2D eigenvalue weighted by atomic mass is 32.1. The van der Waals surface area contributed by atoms with Crippen molar-refractivity contribution in [3.05, 3.63) is 76.0 Å². The van der Waals surface area contributed by atoms with Gasteiger partial charge in [0.2, 0.25) is 11.7 Å². The molecule has 0 unspecified atom stereocenters. The van der Waals surface area contributed by atoms with Gasteiger partial charge in [0.25, 0.3) is 0 Å². The molecular weight excluding hydrogens is 332 g/mol. The molecular formula is C19H16N4OS. The summed E-state index contributed by atoms with van der Waals surface area (Å²) in [5, 5.41) is 11.2. The lowest BCUT2D eigenvalue weighted by molar-refractivity contribution is -0.133. The summed E-state index contributed by atoms with van der Waals surface area (Å²) >= 11 is 1.75. The van der Waals surface area contributed by atoms with Crippen molar-refractivity contribution in [3.8, 4) is 6.07 Å². The number of hydrogen-bond acceptors (Lipinski definition) is 4. The second kappa shape index (κ2) is 6.54. The maximum Gasteiger partial charge on any atom is 0.243 e. The van der Waals surface area contributed by atoms with Gasteiger partial charge in [0.15, 0.2) is 0 Å². The third-order valence-electron chi connectivity index (χ3n) is 4.52. The molecule has 6 heteroatoms. The highest BCUT2D eigenvalue weighted by molar-refractivity contribution is 7.10. The van der Waals surface area contributed by atoms with E-state index in [0.717, 1.165) is 12.0 Å². The van der Waals surface area contributed by atoms with Gasteiger partial charge in [-0.15, -0.1) is 11.3 Å². The van der Waals surface area contributed by atoms with Crippen molar-refractivity contribution >= 4 is 17.2 Å².